The minimum absolute atomic E-state index is 0.168. The van der Waals surface area contributed by atoms with Crippen molar-refractivity contribution in [1.82, 2.24) is 5.32 Å². The number of aliphatic hydroxyl groups excluding tert-OH is 1. The summed E-state index contributed by atoms with van der Waals surface area (Å²) in [7, 11) is 0. The lowest BCUT2D eigenvalue weighted by atomic mass is 9.97. The Kier molecular flexibility index (Phi) is 9.86. The monoisotopic (exact) mass is 444 g/mol. The molecule has 1 fully saturated rings. The summed E-state index contributed by atoms with van der Waals surface area (Å²) in [5.41, 5.74) is 5.47. The molecule has 1 aliphatic heterocycles. The van der Waals surface area contributed by atoms with E-state index in [-0.39, 0.29) is 18.1 Å². The lowest BCUT2D eigenvalue weighted by Crippen LogP contribution is -2.41. The molecule has 0 amide bonds. The van der Waals surface area contributed by atoms with Crippen LogP contribution in [-0.2, 0) is 0 Å². The second-order valence-corrected chi connectivity index (χ2v) is 4.34. The van der Waals surface area contributed by atoms with Gasteiger partial charge in [-0.2, -0.15) is 12.6 Å². The summed E-state index contributed by atoms with van der Waals surface area (Å²) < 4.78 is 0. The quantitative estimate of drug-likeness (QED) is 0.393. The number of halogens is 2. The average Bonchev–Trinajstić information content (AvgIpc) is 2.65. The number of thiol groups is 1. The van der Waals surface area contributed by atoms with E-state index in [2.05, 4.69) is 55.2 Å². The molecular weight excluding hydrogens is 426 g/mol. The van der Waals surface area contributed by atoms with Crippen LogP contribution >= 0.6 is 49.9 Å². The molecular formula is C8H18I2N2OS. The standard InChI is InChI=1S/C8H18N2OS.I2/c1-5(3-9)8(11)7-2-6(12)4-10-7;1-2/h5-8,10-12H,2-4,9H2,1H3;/t5-,6+,7+,8-;/m1./s1. The molecule has 0 saturated carbocycles. The fourth-order valence-electron chi connectivity index (χ4n) is 1.54. The maximum atomic E-state index is 9.76. The average molecular weight is 444 g/mol. The Morgan fingerprint density at radius 2 is 2.21 bits per heavy atom. The normalized spacial score (nSPS) is 30.4. The van der Waals surface area contributed by atoms with Crippen LogP contribution in [0.2, 0.25) is 0 Å². The third kappa shape index (κ3) is 5.15. The maximum absolute atomic E-state index is 9.76. The zero-order valence-electron chi connectivity index (χ0n) is 8.16. The first-order valence-electron chi connectivity index (χ1n) is 4.59. The molecule has 0 bridgehead atoms. The number of nitrogens with two attached hydrogens (primary N) is 1. The summed E-state index contributed by atoms with van der Waals surface area (Å²) in [6.45, 7) is 3.40. The third-order valence-corrected chi connectivity index (χ3v) is 2.90. The van der Waals surface area contributed by atoms with Gasteiger partial charge in [-0.05, 0) is 18.9 Å². The SMILES string of the molecule is C[C@H](CN)[C@@H](O)[C@@H]1C[C@H](S)CN1.II. The highest BCUT2D eigenvalue weighted by Crippen LogP contribution is 2.18. The van der Waals surface area contributed by atoms with Crippen molar-refractivity contribution in [2.75, 3.05) is 13.1 Å². The van der Waals surface area contributed by atoms with Gasteiger partial charge in [-0.1, -0.05) is 6.92 Å². The summed E-state index contributed by atoms with van der Waals surface area (Å²) in [4.78, 5) is 0. The van der Waals surface area contributed by atoms with E-state index in [1.54, 1.807) is 0 Å². The van der Waals surface area contributed by atoms with E-state index in [9.17, 15) is 5.11 Å². The summed E-state index contributed by atoms with van der Waals surface area (Å²) in [6, 6.07) is 0.186. The predicted molar refractivity (Wildman–Crippen MR) is 81.4 cm³/mol. The molecule has 0 radical (unpaired) electrons. The second-order valence-electron chi connectivity index (χ2n) is 3.61. The van der Waals surface area contributed by atoms with Crippen LogP contribution in [0.4, 0.5) is 0 Å². The molecule has 6 heteroatoms. The van der Waals surface area contributed by atoms with E-state index in [1.807, 2.05) is 6.92 Å². The first kappa shape index (κ1) is 15.7. The molecule has 1 saturated heterocycles. The smallest absolute Gasteiger partial charge is 0.0731 e. The van der Waals surface area contributed by atoms with Crippen LogP contribution in [0.1, 0.15) is 13.3 Å². The summed E-state index contributed by atoms with van der Waals surface area (Å²) in [5, 5.41) is 13.4. The highest BCUT2D eigenvalue weighted by atomic mass is 128. The summed E-state index contributed by atoms with van der Waals surface area (Å²) >= 11 is 8.58. The van der Waals surface area contributed by atoms with Gasteiger partial charge in [0.25, 0.3) is 0 Å². The molecule has 0 spiro atoms. The van der Waals surface area contributed by atoms with Crippen molar-refractivity contribution in [3.05, 3.63) is 0 Å². The predicted octanol–water partition coefficient (Wildman–Crippen LogP) is 1.37. The fourth-order valence-corrected chi connectivity index (χ4v) is 1.88. The number of hydrogen-bond donors (Lipinski definition) is 4. The largest absolute Gasteiger partial charge is 0.391 e. The van der Waals surface area contributed by atoms with Crippen LogP contribution in [0.25, 0.3) is 0 Å². The minimum Gasteiger partial charge on any atom is -0.391 e. The van der Waals surface area contributed by atoms with Crippen LogP contribution < -0.4 is 11.1 Å². The Bertz CT molecular complexity index is 153. The van der Waals surface area contributed by atoms with Crippen molar-refractivity contribution < 1.29 is 5.11 Å². The van der Waals surface area contributed by atoms with Gasteiger partial charge in [0.1, 0.15) is 0 Å². The second kappa shape index (κ2) is 8.80. The van der Waals surface area contributed by atoms with Crippen molar-refractivity contribution in [2.45, 2.75) is 30.7 Å². The van der Waals surface area contributed by atoms with E-state index in [0.29, 0.717) is 11.8 Å². The van der Waals surface area contributed by atoms with Gasteiger partial charge >= 0.3 is 0 Å². The molecule has 1 heterocycles. The van der Waals surface area contributed by atoms with E-state index in [1.165, 1.54) is 0 Å². The first-order chi connectivity index (χ1) is 6.65. The molecule has 0 aliphatic carbocycles. The highest BCUT2D eigenvalue weighted by Gasteiger charge is 2.29. The van der Waals surface area contributed by atoms with E-state index < -0.39 is 0 Å². The molecule has 0 aromatic rings. The van der Waals surface area contributed by atoms with Gasteiger partial charge in [0.05, 0.1) is 6.10 Å². The Labute approximate surface area is 115 Å². The molecule has 0 unspecified atom stereocenters. The van der Waals surface area contributed by atoms with Crippen molar-refractivity contribution >= 4 is 49.9 Å². The zero-order valence-corrected chi connectivity index (χ0v) is 13.4. The molecule has 0 aromatic carbocycles. The van der Waals surface area contributed by atoms with Crippen molar-refractivity contribution in [2.24, 2.45) is 11.7 Å². The van der Waals surface area contributed by atoms with Crippen molar-refractivity contribution in [3.8, 4) is 0 Å². The van der Waals surface area contributed by atoms with Gasteiger partial charge in [-0.15, -0.1) is 0 Å². The Morgan fingerprint density at radius 3 is 2.57 bits per heavy atom. The minimum atomic E-state index is -0.327. The van der Waals surface area contributed by atoms with Crippen molar-refractivity contribution in [3.63, 3.8) is 0 Å². The van der Waals surface area contributed by atoms with Gasteiger partial charge in [-0.3, -0.25) is 0 Å². The van der Waals surface area contributed by atoms with Crippen LogP contribution in [-0.4, -0.2) is 35.6 Å². The third-order valence-electron chi connectivity index (χ3n) is 2.51. The van der Waals surface area contributed by atoms with Crippen LogP contribution in [0.5, 0.6) is 0 Å². The van der Waals surface area contributed by atoms with Gasteiger partial charge in [0, 0.05) is 55.1 Å². The molecule has 14 heavy (non-hydrogen) atoms. The highest BCUT2D eigenvalue weighted by molar-refractivity contribution is 15.0. The molecule has 3 nitrogen and oxygen atoms in total. The molecule has 4 atom stereocenters. The number of rotatable bonds is 3. The Balaban J connectivity index is 0.000000791. The van der Waals surface area contributed by atoms with Crippen molar-refractivity contribution in [1.29, 1.82) is 0 Å². The maximum Gasteiger partial charge on any atom is 0.0731 e. The van der Waals surface area contributed by atoms with Gasteiger partial charge in [-0.25, -0.2) is 0 Å². The van der Waals surface area contributed by atoms with Gasteiger partial charge < -0.3 is 16.2 Å². The number of nitrogens with one attached hydrogen (secondary N) is 1. The van der Waals surface area contributed by atoms with E-state index >= 15 is 0 Å². The number of aliphatic hydroxyl groups is 1. The Hall–Kier alpha value is 1.69. The molecule has 1 aliphatic rings. The molecule has 0 aromatic heterocycles. The number of hydrogen-bond acceptors (Lipinski definition) is 4. The molecule has 4 N–H and O–H groups in total. The van der Waals surface area contributed by atoms with E-state index in [0.717, 1.165) is 13.0 Å². The molecule has 1 rings (SSSR count). The zero-order chi connectivity index (χ0) is 11.1. The van der Waals surface area contributed by atoms with Gasteiger partial charge in [0.2, 0.25) is 0 Å². The van der Waals surface area contributed by atoms with E-state index in [4.69, 9.17) is 5.73 Å². The van der Waals surface area contributed by atoms with Gasteiger partial charge in [0.15, 0.2) is 0 Å². The lowest BCUT2D eigenvalue weighted by Gasteiger charge is -2.23. The van der Waals surface area contributed by atoms with Crippen LogP contribution in [0, 0.1) is 5.92 Å². The summed E-state index contributed by atoms with van der Waals surface area (Å²) in [6.07, 6.45) is 0.612. The Morgan fingerprint density at radius 1 is 1.64 bits per heavy atom. The van der Waals surface area contributed by atoms with Crippen LogP contribution in [0.15, 0.2) is 0 Å². The first-order valence-corrected chi connectivity index (χ1v) is 11.4. The molecule has 86 valence electrons. The van der Waals surface area contributed by atoms with Crippen LogP contribution in [0.3, 0.4) is 0 Å². The summed E-state index contributed by atoms with van der Waals surface area (Å²) in [5.74, 6) is 0.168. The topological polar surface area (TPSA) is 58.3 Å². The lowest BCUT2D eigenvalue weighted by molar-refractivity contribution is 0.0864. The fraction of sp³-hybridized carbons (Fsp3) is 1.00.